The van der Waals surface area contributed by atoms with Crippen LogP contribution >= 0.6 is 0 Å². The lowest BCUT2D eigenvalue weighted by molar-refractivity contribution is 0.339. The van der Waals surface area contributed by atoms with E-state index in [1.807, 2.05) is 25.1 Å². The predicted molar refractivity (Wildman–Crippen MR) is 75.6 cm³/mol. The average molecular weight is 257 g/mol. The minimum absolute atomic E-state index is 0.189. The summed E-state index contributed by atoms with van der Waals surface area (Å²) in [5, 5.41) is 3.50. The van der Waals surface area contributed by atoms with E-state index in [1.54, 1.807) is 0 Å². The zero-order chi connectivity index (χ0) is 13.2. The van der Waals surface area contributed by atoms with Gasteiger partial charge in [-0.3, -0.25) is 0 Å². The third-order valence-corrected chi connectivity index (χ3v) is 3.36. The highest BCUT2D eigenvalue weighted by atomic mass is 16.5. The molecule has 0 amide bonds. The van der Waals surface area contributed by atoms with Crippen molar-refractivity contribution in [1.82, 2.24) is 9.55 Å². The lowest BCUT2D eigenvalue weighted by Crippen LogP contribution is -2.15. The van der Waals surface area contributed by atoms with E-state index in [2.05, 4.69) is 34.1 Å². The second-order valence-corrected chi connectivity index (χ2v) is 4.95. The molecule has 100 valence electrons. The van der Waals surface area contributed by atoms with Crippen LogP contribution in [0.1, 0.15) is 30.6 Å². The lowest BCUT2D eigenvalue weighted by atomic mass is 10.1. The van der Waals surface area contributed by atoms with Crippen LogP contribution in [0.3, 0.4) is 0 Å². The summed E-state index contributed by atoms with van der Waals surface area (Å²) in [4.78, 5) is 4.56. The molecule has 0 bridgehead atoms. The Kier molecular flexibility index (Phi) is 3.15. The Morgan fingerprint density at radius 1 is 1.42 bits per heavy atom. The first-order valence-corrected chi connectivity index (χ1v) is 6.80. The number of imidazole rings is 1. The van der Waals surface area contributed by atoms with Crippen molar-refractivity contribution in [1.29, 1.82) is 0 Å². The molecule has 1 unspecified atom stereocenters. The van der Waals surface area contributed by atoms with Gasteiger partial charge in [0.15, 0.2) is 0 Å². The minimum Gasteiger partial charge on any atom is -0.491 e. The molecule has 19 heavy (non-hydrogen) atoms. The Morgan fingerprint density at radius 3 is 3.11 bits per heavy atom. The van der Waals surface area contributed by atoms with Crippen LogP contribution in [0, 0.1) is 6.92 Å². The minimum atomic E-state index is 0.189. The number of nitrogens with zero attached hydrogens (tertiary/aromatic N) is 2. The fourth-order valence-corrected chi connectivity index (χ4v) is 2.51. The van der Waals surface area contributed by atoms with Gasteiger partial charge in [-0.05, 0) is 19.4 Å². The van der Waals surface area contributed by atoms with Crippen LogP contribution in [-0.2, 0) is 6.54 Å². The van der Waals surface area contributed by atoms with E-state index >= 15 is 0 Å². The Morgan fingerprint density at radius 2 is 2.26 bits per heavy atom. The number of aromatic nitrogens is 2. The molecule has 1 aliphatic heterocycles. The lowest BCUT2D eigenvalue weighted by Gasteiger charge is -2.14. The van der Waals surface area contributed by atoms with Gasteiger partial charge in [-0.2, -0.15) is 0 Å². The highest BCUT2D eigenvalue weighted by molar-refractivity contribution is 5.44. The van der Waals surface area contributed by atoms with Crippen molar-refractivity contribution in [2.45, 2.75) is 32.9 Å². The van der Waals surface area contributed by atoms with Crippen LogP contribution in [0.5, 0.6) is 5.75 Å². The normalized spacial score (nSPS) is 17.1. The molecule has 2 aromatic rings. The molecule has 1 atom stereocenters. The number of ether oxygens (including phenoxy) is 1. The van der Waals surface area contributed by atoms with Crippen LogP contribution < -0.4 is 10.1 Å². The third-order valence-electron chi connectivity index (χ3n) is 3.36. The summed E-state index contributed by atoms with van der Waals surface area (Å²) in [6.45, 7) is 5.85. The number of aryl methyl sites for hydroxylation is 2. The Labute approximate surface area is 113 Å². The van der Waals surface area contributed by atoms with E-state index in [0.29, 0.717) is 6.61 Å². The number of anilines is 1. The first-order valence-electron chi connectivity index (χ1n) is 6.80. The third kappa shape index (κ3) is 2.30. The summed E-state index contributed by atoms with van der Waals surface area (Å²) in [5.74, 6) is 1.91. The fraction of sp³-hybridized carbons (Fsp3) is 0.400. The van der Waals surface area contributed by atoms with Gasteiger partial charge in [0.1, 0.15) is 12.4 Å². The second-order valence-electron chi connectivity index (χ2n) is 4.95. The number of fused-ring (bicyclic) bond motifs is 1. The topological polar surface area (TPSA) is 39.1 Å². The van der Waals surface area contributed by atoms with Crippen LogP contribution in [0.15, 0.2) is 30.5 Å². The van der Waals surface area contributed by atoms with Gasteiger partial charge < -0.3 is 14.6 Å². The Bertz CT molecular complexity index is 577. The van der Waals surface area contributed by atoms with Crippen molar-refractivity contribution < 1.29 is 4.74 Å². The SMILES string of the molecule is CCCn1cc(C)nc1NC1COc2ccccc21. The quantitative estimate of drug-likeness (QED) is 0.914. The molecule has 1 aromatic carbocycles. The highest BCUT2D eigenvalue weighted by Gasteiger charge is 2.24. The molecule has 1 aliphatic rings. The molecule has 0 aliphatic carbocycles. The van der Waals surface area contributed by atoms with E-state index in [4.69, 9.17) is 4.74 Å². The van der Waals surface area contributed by atoms with Crippen LogP contribution in [0.4, 0.5) is 5.95 Å². The molecule has 4 nitrogen and oxygen atoms in total. The van der Waals surface area contributed by atoms with Gasteiger partial charge in [0.05, 0.1) is 11.7 Å². The highest BCUT2D eigenvalue weighted by Crippen LogP contribution is 2.33. The summed E-state index contributed by atoms with van der Waals surface area (Å²) in [6, 6.07) is 8.37. The summed E-state index contributed by atoms with van der Waals surface area (Å²) in [7, 11) is 0. The van der Waals surface area contributed by atoms with E-state index in [9.17, 15) is 0 Å². The van der Waals surface area contributed by atoms with Crippen molar-refractivity contribution >= 4 is 5.95 Å². The van der Waals surface area contributed by atoms with E-state index < -0.39 is 0 Å². The van der Waals surface area contributed by atoms with E-state index in [-0.39, 0.29) is 6.04 Å². The number of hydrogen-bond acceptors (Lipinski definition) is 3. The smallest absolute Gasteiger partial charge is 0.203 e. The Balaban J connectivity index is 1.83. The second kappa shape index (κ2) is 4.96. The van der Waals surface area contributed by atoms with Crippen LogP contribution in [0.2, 0.25) is 0 Å². The number of rotatable bonds is 4. The van der Waals surface area contributed by atoms with Gasteiger partial charge in [0.25, 0.3) is 0 Å². The first-order chi connectivity index (χ1) is 9.28. The summed E-state index contributed by atoms with van der Waals surface area (Å²) < 4.78 is 7.87. The van der Waals surface area contributed by atoms with Gasteiger partial charge in [0, 0.05) is 18.3 Å². The number of benzene rings is 1. The molecule has 3 rings (SSSR count). The van der Waals surface area contributed by atoms with Crippen molar-refractivity contribution in [3.63, 3.8) is 0 Å². The van der Waals surface area contributed by atoms with Crippen molar-refractivity contribution in [2.24, 2.45) is 0 Å². The molecular weight excluding hydrogens is 238 g/mol. The largest absolute Gasteiger partial charge is 0.491 e. The van der Waals surface area contributed by atoms with Crippen LogP contribution in [-0.4, -0.2) is 16.2 Å². The maximum Gasteiger partial charge on any atom is 0.203 e. The molecule has 0 fully saturated rings. The first kappa shape index (κ1) is 12.1. The summed E-state index contributed by atoms with van der Waals surface area (Å²) >= 11 is 0. The molecule has 2 heterocycles. The Hall–Kier alpha value is -1.97. The van der Waals surface area contributed by atoms with Crippen molar-refractivity contribution in [3.8, 4) is 5.75 Å². The van der Waals surface area contributed by atoms with Gasteiger partial charge >= 0.3 is 0 Å². The molecule has 1 N–H and O–H groups in total. The van der Waals surface area contributed by atoms with Crippen molar-refractivity contribution in [2.75, 3.05) is 11.9 Å². The van der Waals surface area contributed by atoms with Crippen LogP contribution in [0.25, 0.3) is 0 Å². The maximum absolute atomic E-state index is 5.69. The zero-order valence-corrected chi connectivity index (χ0v) is 11.4. The standard InChI is InChI=1S/C15H19N3O/c1-3-8-18-9-11(2)16-15(18)17-13-10-19-14-7-5-4-6-12(13)14/h4-7,9,13H,3,8,10H2,1-2H3,(H,16,17). The zero-order valence-electron chi connectivity index (χ0n) is 11.4. The van der Waals surface area contributed by atoms with Gasteiger partial charge in [-0.15, -0.1) is 0 Å². The number of hydrogen-bond donors (Lipinski definition) is 1. The van der Waals surface area contributed by atoms with Gasteiger partial charge in [-0.1, -0.05) is 25.1 Å². The molecule has 0 radical (unpaired) electrons. The fourth-order valence-electron chi connectivity index (χ4n) is 2.51. The van der Waals surface area contributed by atoms with Gasteiger partial charge in [-0.25, -0.2) is 4.98 Å². The molecule has 0 spiro atoms. The summed E-state index contributed by atoms with van der Waals surface area (Å²) in [5.41, 5.74) is 2.26. The molecule has 4 heteroatoms. The van der Waals surface area contributed by atoms with E-state index in [0.717, 1.165) is 30.4 Å². The van der Waals surface area contributed by atoms with Gasteiger partial charge in [0.2, 0.25) is 5.95 Å². The average Bonchev–Trinajstić information content (AvgIpc) is 2.96. The van der Waals surface area contributed by atoms with Crippen molar-refractivity contribution in [3.05, 3.63) is 41.7 Å². The van der Waals surface area contributed by atoms with E-state index in [1.165, 1.54) is 5.56 Å². The molecular formula is C15H19N3O. The molecule has 0 saturated carbocycles. The monoisotopic (exact) mass is 257 g/mol. The number of nitrogens with one attached hydrogen (secondary N) is 1. The molecule has 1 aromatic heterocycles. The maximum atomic E-state index is 5.69. The number of para-hydroxylation sites is 1. The molecule has 0 saturated heterocycles. The predicted octanol–water partition coefficient (Wildman–Crippen LogP) is 3.15. The summed E-state index contributed by atoms with van der Waals surface area (Å²) in [6.07, 6.45) is 3.19.